The van der Waals surface area contributed by atoms with E-state index in [4.69, 9.17) is 4.74 Å². The largest absolute Gasteiger partial charge is 0.384 e. The molecule has 2 aromatic rings. The van der Waals surface area contributed by atoms with E-state index >= 15 is 0 Å². The Labute approximate surface area is 130 Å². The first-order valence-corrected chi connectivity index (χ1v) is 7.76. The lowest BCUT2D eigenvalue weighted by atomic mass is 9.79. The lowest BCUT2D eigenvalue weighted by Gasteiger charge is -2.36. The van der Waals surface area contributed by atoms with Crippen LogP contribution in [0.25, 0.3) is 0 Å². The average Bonchev–Trinajstić information content (AvgIpc) is 3.04. The van der Waals surface area contributed by atoms with E-state index in [1.807, 2.05) is 30.6 Å². The molecule has 2 heterocycles. The summed E-state index contributed by atoms with van der Waals surface area (Å²) in [5.74, 6) is 0. The van der Waals surface area contributed by atoms with Crippen molar-refractivity contribution in [3.63, 3.8) is 0 Å². The van der Waals surface area contributed by atoms with Crippen LogP contribution in [0.4, 0.5) is 5.69 Å². The molecule has 118 valence electrons. The van der Waals surface area contributed by atoms with Crippen molar-refractivity contribution in [2.45, 2.75) is 43.9 Å². The predicted molar refractivity (Wildman–Crippen MR) is 85.5 cm³/mol. The molecule has 0 aliphatic heterocycles. The second kappa shape index (κ2) is 6.50. The summed E-state index contributed by atoms with van der Waals surface area (Å²) in [5, 5.41) is 14.4. The highest BCUT2D eigenvalue weighted by atomic mass is 16.5. The summed E-state index contributed by atoms with van der Waals surface area (Å²) in [7, 11) is 1.67. The summed E-state index contributed by atoms with van der Waals surface area (Å²) in [6.45, 7) is 0.550. The van der Waals surface area contributed by atoms with Crippen LogP contribution < -0.4 is 5.32 Å². The van der Waals surface area contributed by atoms with E-state index in [0.717, 1.165) is 42.6 Å². The maximum Gasteiger partial charge on any atom is 0.107 e. The molecule has 0 spiro atoms. The van der Waals surface area contributed by atoms with Gasteiger partial charge in [-0.25, -0.2) is 0 Å². The van der Waals surface area contributed by atoms with Crippen LogP contribution in [0.5, 0.6) is 0 Å². The van der Waals surface area contributed by atoms with Crippen molar-refractivity contribution in [1.82, 2.24) is 9.97 Å². The van der Waals surface area contributed by atoms with Gasteiger partial charge in [0.05, 0.1) is 18.0 Å². The van der Waals surface area contributed by atoms with Gasteiger partial charge in [-0.2, -0.15) is 0 Å². The molecule has 5 heteroatoms. The van der Waals surface area contributed by atoms with Gasteiger partial charge in [-0.3, -0.25) is 4.98 Å². The monoisotopic (exact) mass is 301 g/mol. The maximum absolute atomic E-state index is 10.9. The summed E-state index contributed by atoms with van der Waals surface area (Å²) in [6, 6.07) is 6.34. The Kier molecular flexibility index (Phi) is 4.45. The van der Waals surface area contributed by atoms with Gasteiger partial charge in [0.25, 0.3) is 0 Å². The first-order valence-electron chi connectivity index (χ1n) is 7.76. The molecule has 1 aliphatic rings. The summed E-state index contributed by atoms with van der Waals surface area (Å²) in [5.41, 5.74) is 2.10. The molecule has 2 aromatic heterocycles. The van der Waals surface area contributed by atoms with E-state index < -0.39 is 5.60 Å². The number of aliphatic hydroxyl groups is 1. The minimum atomic E-state index is -0.804. The van der Waals surface area contributed by atoms with Gasteiger partial charge >= 0.3 is 0 Å². The van der Waals surface area contributed by atoms with Crippen LogP contribution >= 0.6 is 0 Å². The molecule has 3 rings (SSSR count). The average molecular weight is 301 g/mol. The highest BCUT2D eigenvalue weighted by Crippen LogP contribution is 2.37. The molecule has 0 aromatic carbocycles. The fraction of sp³-hybridized carbons (Fsp3) is 0.471. The highest BCUT2D eigenvalue weighted by Gasteiger charge is 2.35. The Morgan fingerprint density at radius 1 is 1.36 bits per heavy atom. The van der Waals surface area contributed by atoms with Gasteiger partial charge in [0.15, 0.2) is 0 Å². The Morgan fingerprint density at radius 3 is 2.77 bits per heavy atom. The van der Waals surface area contributed by atoms with E-state index in [-0.39, 0.29) is 0 Å². The molecule has 5 nitrogen and oxygen atoms in total. The molecule has 0 saturated heterocycles. The van der Waals surface area contributed by atoms with E-state index in [9.17, 15) is 5.11 Å². The molecule has 0 amide bonds. The Hall–Kier alpha value is -1.85. The van der Waals surface area contributed by atoms with Crippen LogP contribution in [0.1, 0.15) is 36.9 Å². The number of rotatable bonds is 5. The normalized spacial score (nSPS) is 25.1. The van der Waals surface area contributed by atoms with Crippen LogP contribution in [0.15, 0.2) is 36.8 Å². The van der Waals surface area contributed by atoms with Crippen LogP contribution in [-0.4, -0.2) is 28.2 Å². The predicted octanol–water partition coefficient (Wildman–Crippen LogP) is 2.80. The van der Waals surface area contributed by atoms with Crippen LogP contribution in [0, 0.1) is 0 Å². The number of aromatic amines is 1. The third kappa shape index (κ3) is 3.31. The Balaban J connectivity index is 1.60. The molecule has 3 N–H and O–H groups in total. The fourth-order valence-electron chi connectivity index (χ4n) is 3.10. The quantitative estimate of drug-likeness (QED) is 0.794. The number of methoxy groups -OCH3 is 1. The zero-order valence-corrected chi connectivity index (χ0v) is 12.9. The molecular weight excluding hydrogens is 278 g/mol. The van der Waals surface area contributed by atoms with Gasteiger partial charge in [-0.1, -0.05) is 6.07 Å². The van der Waals surface area contributed by atoms with Crippen molar-refractivity contribution in [1.29, 1.82) is 0 Å². The van der Waals surface area contributed by atoms with Gasteiger partial charge in [0.1, 0.15) is 5.60 Å². The third-order valence-electron chi connectivity index (χ3n) is 4.39. The van der Waals surface area contributed by atoms with Gasteiger partial charge in [0, 0.05) is 31.7 Å². The summed E-state index contributed by atoms with van der Waals surface area (Å²) < 4.78 is 5.09. The van der Waals surface area contributed by atoms with E-state index in [1.54, 1.807) is 13.3 Å². The number of H-pyrrole nitrogens is 1. The van der Waals surface area contributed by atoms with E-state index in [2.05, 4.69) is 15.3 Å². The van der Waals surface area contributed by atoms with Crippen molar-refractivity contribution in [2.24, 2.45) is 0 Å². The van der Waals surface area contributed by atoms with Gasteiger partial charge in [-0.05, 0) is 43.4 Å². The van der Waals surface area contributed by atoms with Crippen LogP contribution in [0.3, 0.4) is 0 Å². The molecule has 1 fully saturated rings. The number of hydrogen-bond acceptors (Lipinski definition) is 4. The van der Waals surface area contributed by atoms with Crippen molar-refractivity contribution >= 4 is 5.69 Å². The molecule has 22 heavy (non-hydrogen) atoms. The van der Waals surface area contributed by atoms with E-state index in [1.165, 1.54) is 0 Å². The highest BCUT2D eigenvalue weighted by molar-refractivity contribution is 5.41. The molecule has 0 unspecified atom stereocenters. The maximum atomic E-state index is 10.9. The zero-order chi connectivity index (χ0) is 15.4. The number of ether oxygens (including phenoxy) is 1. The van der Waals surface area contributed by atoms with Gasteiger partial charge in [0.2, 0.25) is 0 Å². The third-order valence-corrected chi connectivity index (χ3v) is 4.39. The summed E-state index contributed by atoms with van der Waals surface area (Å²) >= 11 is 0. The number of pyridine rings is 1. The molecule has 0 bridgehead atoms. The zero-order valence-electron chi connectivity index (χ0n) is 12.9. The SMILES string of the molecule is COCc1ccc(C2(O)CCC(Nc3cc[nH]c3)CC2)nc1. The standard InChI is InChI=1S/C17H23N3O2/c1-22-12-13-2-3-16(19-10-13)17(21)7-4-14(5-8-17)20-15-6-9-18-11-15/h2-3,6,9-11,14,18,20-21H,4-5,7-8,12H2,1H3. The van der Waals surface area contributed by atoms with Crippen molar-refractivity contribution in [3.05, 3.63) is 48.0 Å². The Bertz CT molecular complexity index is 572. The molecule has 0 atom stereocenters. The molecule has 1 aliphatic carbocycles. The minimum Gasteiger partial charge on any atom is -0.384 e. The minimum absolute atomic E-state index is 0.406. The van der Waals surface area contributed by atoms with Crippen molar-refractivity contribution < 1.29 is 9.84 Å². The molecular formula is C17H23N3O2. The molecule has 0 radical (unpaired) electrons. The lowest BCUT2D eigenvalue weighted by Crippen LogP contribution is -2.36. The second-order valence-corrected chi connectivity index (χ2v) is 6.03. The van der Waals surface area contributed by atoms with Crippen molar-refractivity contribution in [3.8, 4) is 0 Å². The van der Waals surface area contributed by atoms with Crippen LogP contribution in [-0.2, 0) is 16.9 Å². The number of nitrogens with zero attached hydrogens (tertiary/aromatic N) is 1. The molecule has 1 saturated carbocycles. The van der Waals surface area contributed by atoms with Gasteiger partial charge < -0.3 is 20.1 Å². The van der Waals surface area contributed by atoms with Gasteiger partial charge in [-0.15, -0.1) is 0 Å². The second-order valence-electron chi connectivity index (χ2n) is 6.03. The first kappa shape index (κ1) is 15.1. The van der Waals surface area contributed by atoms with Crippen LogP contribution in [0.2, 0.25) is 0 Å². The smallest absolute Gasteiger partial charge is 0.107 e. The summed E-state index contributed by atoms with van der Waals surface area (Å²) in [6.07, 6.45) is 8.98. The number of hydrogen-bond donors (Lipinski definition) is 3. The number of nitrogens with one attached hydrogen (secondary N) is 2. The summed E-state index contributed by atoms with van der Waals surface area (Å²) in [4.78, 5) is 7.48. The first-order chi connectivity index (χ1) is 10.7. The number of aromatic nitrogens is 2. The fourth-order valence-corrected chi connectivity index (χ4v) is 3.10. The Morgan fingerprint density at radius 2 is 2.18 bits per heavy atom. The van der Waals surface area contributed by atoms with Crippen molar-refractivity contribution in [2.75, 3.05) is 12.4 Å². The topological polar surface area (TPSA) is 70.2 Å². The van der Waals surface area contributed by atoms with E-state index in [0.29, 0.717) is 12.6 Å². The number of anilines is 1. The lowest BCUT2D eigenvalue weighted by molar-refractivity contribution is -0.00731.